The van der Waals surface area contributed by atoms with Crippen molar-refractivity contribution in [3.63, 3.8) is 0 Å². The monoisotopic (exact) mass is 308 g/mol. The lowest BCUT2D eigenvalue weighted by atomic mass is 10.1. The summed E-state index contributed by atoms with van der Waals surface area (Å²) >= 11 is 0. The Kier molecular flexibility index (Phi) is 4.71. The van der Waals surface area contributed by atoms with E-state index in [0.29, 0.717) is 12.0 Å². The third-order valence-electron chi connectivity index (χ3n) is 3.54. The number of ether oxygens (including phenoxy) is 1. The van der Waals surface area contributed by atoms with Gasteiger partial charge in [0.25, 0.3) is 11.6 Å². The maximum absolute atomic E-state index is 12.2. The summed E-state index contributed by atoms with van der Waals surface area (Å²) in [5, 5.41) is 19.8. The molecule has 8 heteroatoms. The molecule has 0 radical (unpaired) electrons. The van der Waals surface area contributed by atoms with Gasteiger partial charge in [-0.25, -0.2) is 4.79 Å². The first-order valence-electron chi connectivity index (χ1n) is 6.75. The molecule has 1 N–H and O–H groups in total. The van der Waals surface area contributed by atoms with E-state index in [4.69, 9.17) is 9.84 Å². The number of aliphatic carboxylic acids is 1. The highest BCUT2D eigenvalue weighted by Crippen LogP contribution is 2.23. The number of carbonyl (C=O) groups is 2. The molecule has 0 spiro atoms. The largest absolute Gasteiger partial charge is 0.479 e. The van der Waals surface area contributed by atoms with Crippen LogP contribution in [0.4, 0.5) is 5.69 Å². The molecule has 2 atom stereocenters. The molecule has 0 unspecified atom stereocenters. The lowest BCUT2D eigenvalue weighted by Gasteiger charge is -2.21. The normalized spacial score (nSPS) is 20.6. The summed E-state index contributed by atoms with van der Waals surface area (Å²) in [6.45, 7) is 0.0631. The van der Waals surface area contributed by atoms with E-state index in [1.807, 2.05) is 0 Å². The van der Waals surface area contributed by atoms with Gasteiger partial charge >= 0.3 is 5.97 Å². The SMILES string of the molecule is CN(Cc1ccccc1[N+](=O)[O-])C(=O)[C@@H]1CC[C@H](C(=O)O)O1. The van der Waals surface area contributed by atoms with Crippen LogP contribution in [0.5, 0.6) is 0 Å². The fourth-order valence-electron chi connectivity index (χ4n) is 2.40. The van der Waals surface area contributed by atoms with E-state index < -0.39 is 23.1 Å². The van der Waals surface area contributed by atoms with Crippen LogP contribution in [-0.4, -0.2) is 46.1 Å². The van der Waals surface area contributed by atoms with Crippen molar-refractivity contribution in [2.24, 2.45) is 0 Å². The van der Waals surface area contributed by atoms with Crippen molar-refractivity contribution in [3.8, 4) is 0 Å². The van der Waals surface area contributed by atoms with Crippen molar-refractivity contribution in [1.82, 2.24) is 4.90 Å². The van der Waals surface area contributed by atoms with E-state index in [9.17, 15) is 19.7 Å². The van der Waals surface area contributed by atoms with Crippen LogP contribution >= 0.6 is 0 Å². The summed E-state index contributed by atoms with van der Waals surface area (Å²) in [6.07, 6.45) is -1.16. The number of benzene rings is 1. The van der Waals surface area contributed by atoms with Crippen molar-refractivity contribution in [2.45, 2.75) is 31.6 Å². The van der Waals surface area contributed by atoms with Crippen LogP contribution in [-0.2, 0) is 20.9 Å². The zero-order valence-electron chi connectivity index (χ0n) is 12.0. The minimum absolute atomic E-state index is 0.0575. The van der Waals surface area contributed by atoms with E-state index in [1.165, 1.54) is 18.0 Å². The molecule has 1 aromatic carbocycles. The first-order valence-corrected chi connectivity index (χ1v) is 6.75. The molecule has 118 valence electrons. The Morgan fingerprint density at radius 1 is 1.36 bits per heavy atom. The lowest BCUT2D eigenvalue weighted by molar-refractivity contribution is -0.385. The van der Waals surface area contributed by atoms with Crippen LogP contribution < -0.4 is 0 Å². The van der Waals surface area contributed by atoms with Crippen LogP contribution in [0.3, 0.4) is 0 Å². The first-order chi connectivity index (χ1) is 10.4. The molecule has 0 aromatic heterocycles. The maximum Gasteiger partial charge on any atom is 0.332 e. The van der Waals surface area contributed by atoms with Gasteiger partial charge in [0.2, 0.25) is 0 Å². The number of para-hydroxylation sites is 1. The summed E-state index contributed by atoms with van der Waals surface area (Å²) in [7, 11) is 1.51. The molecule has 1 saturated heterocycles. The quantitative estimate of drug-likeness (QED) is 0.646. The molecule has 0 saturated carbocycles. The van der Waals surface area contributed by atoms with Crippen LogP contribution in [0.2, 0.25) is 0 Å². The van der Waals surface area contributed by atoms with Gasteiger partial charge < -0.3 is 14.7 Å². The average Bonchev–Trinajstić information content (AvgIpc) is 2.96. The summed E-state index contributed by atoms with van der Waals surface area (Å²) < 4.78 is 5.20. The number of carboxylic acids is 1. The second-order valence-corrected chi connectivity index (χ2v) is 5.11. The molecule has 1 amide bonds. The molecule has 2 rings (SSSR count). The zero-order valence-corrected chi connectivity index (χ0v) is 12.0. The third kappa shape index (κ3) is 3.40. The molecule has 0 bridgehead atoms. The molecule has 8 nitrogen and oxygen atoms in total. The summed E-state index contributed by atoms with van der Waals surface area (Å²) in [4.78, 5) is 34.8. The standard InChI is InChI=1S/C14H16N2O6/c1-15(8-9-4-2-3-5-10(9)16(20)21)13(17)11-6-7-12(22-11)14(18)19/h2-5,11-12H,6-8H2,1H3,(H,18,19)/t11-,12+/m0/s1. The molecular formula is C14H16N2O6. The Morgan fingerprint density at radius 3 is 2.59 bits per heavy atom. The number of nitro groups is 1. The van der Waals surface area contributed by atoms with Crippen molar-refractivity contribution in [1.29, 1.82) is 0 Å². The zero-order chi connectivity index (χ0) is 16.3. The Bertz CT molecular complexity index is 603. The van der Waals surface area contributed by atoms with Gasteiger partial charge in [-0.2, -0.15) is 0 Å². The highest BCUT2D eigenvalue weighted by molar-refractivity contribution is 5.82. The number of carbonyl (C=O) groups excluding carboxylic acids is 1. The van der Waals surface area contributed by atoms with Gasteiger partial charge in [-0.15, -0.1) is 0 Å². The van der Waals surface area contributed by atoms with Crippen LogP contribution in [0.15, 0.2) is 24.3 Å². The highest BCUT2D eigenvalue weighted by Gasteiger charge is 2.36. The average molecular weight is 308 g/mol. The fraction of sp³-hybridized carbons (Fsp3) is 0.429. The number of likely N-dealkylation sites (N-methyl/N-ethyl adjacent to an activating group) is 1. The Labute approximate surface area is 126 Å². The Balaban J connectivity index is 2.04. The third-order valence-corrected chi connectivity index (χ3v) is 3.54. The van der Waals surface area contributed by atoms with Crippen LogP contribution in [0.25, 0.3) is 0 Å². The lowest BCUT2D eigenvalue weighted by Crippen LogP contribution is -2.36. The second kappa shape index (κ2) is 6.52. The number of hydrogen-bond acceptors (Lipinski definition) is 5. The number of hydrogen-bond donors (Lipinski definition) is 1. The van der Waals surface area contributed by atoms with E-state index in [2.05, 4.69) is 0 Å². The summed E-state index contributed by atoms with van der Waals surface area (Å²) in [5.74, 6) is -1.46. The van der Waals surface area contributed by atoms with Gasteiger partial charge in [0.1, 0.15) is 6.10 Å². The van der Waals surface area contributed by atoms with Crippen LogP contribution in [0.1, 0.15) is 18.4 Å². The molecule has 1 fully saturated rings. The smallest absolute Gasteiger partial charge is 0.332 e. The second-order valence-electron chi connectivity index (χ2n) is 5.11. The van der Waals surface area contributed by atoms with Crippen molar-refractivity contribution in [2.75, 3.05) is 7.05 Å². The topological polar surface area (TPSA) is 110 Å². The maximum atomic E-state index is 12.2. The van der Waals surface area contributed by atoms with E-state index in [-0.39, 0.29) is 24.6 Å². The number of nitro benzene ring substituents is 1. The number of nitrogens with zero attached hydrogens (tertiary/aromatic N) is 2. The molecule has 22 heavy (non-hydrogen) atoms. The summed E-state index contributed by atoms with van der Waals surface area (Å²) in [6, 6.07) is 6.17. The number of rotatable bonds is 5. The van der Waals surface area contributed by atoms with Gasteiger partial charge in [-0.1, -0.05) is 18.2 Å². The van der Waals surface area contributed by atoms with E-state index in [0.717, 1.165) is 0 Å². The first kappa shape index (κ1) is 15.9. The fourth-order valence-corrected chi connectivity index (χ4v) is 2.40. The number of carboxylic acid groups (broad SMARTS) is 1. The predicted octanol–water partition coefficient (Wildman–Crippen LogP) is 1.19. The molecule has 1 aromatic rings. The van der Waals surface area contributed by atoms with Gasteiger partial charge in [0.15, 0.2) is 6.10 Å². The van der Waals surface area contributed by atoms with E-state index in [1.54, 1.807) is 18.2 Å². The highest BCUT2D eigenvalue weighted by atomic mass is 16.6. The Hall–Kier alpha value is -2.48. The molecule has 0 aliphatic carbocycles. The van der Waals surface area contributed by atoms with Gasteiger partial charge in [0, 0.05) is 18.7 Å². The Morgan fingerprint density at radius 2 is 2.00 bits per heavy atom. The van der Waals surface area contributed by atoms with Gasteiger partial charge in [0.05, 0.1) is 11.5 Å². The molecule has 1 heterocycles. The predicted molar refractivity (Wildman–Crippen MR) is 75.1 cm³/mol. The minimum atomic E-state index is -1.09. The van der Waals surface area contributed by atoms with Gasteiger partial charge in [-0.3, -0.25) is 14.9 Å². The summed E-state index contributed by atoms with van der Waals surface area (Å²) in [5.41, 5.74) is 0.356. The molecule has 1 aliphatic rings. The van der Waals surface area contributed by atoms with Crippen LogP contribution in [0, 0.1) is 10.1 Å². The van der Waals surface area contributed by atoms with Gasteiger partial charge in [-0.05, 0) is 12.8 Å². The van der Waals surface area contributed by atoms with Crippen molar-refractivity contribution < 1.29 is 24.4 Å². The number of amides is 1. The van der Waals surface area contributed by atoms with Crippen molar-refractivity contribution >= 4 is 17.6 Å². The minimum Gasteiger partial charge on any atom is -0.479 e. The molecular weight excluding hydrogens is 292 g/mol. The van der Waals surface area contributed by atoms with Crippen molar-refractivity contribution in [3.05, 3.63) is 39.9 Å². The molecule has 1 aliphatic heterocycles. The van der Waals surface area contributed by atoms with E-state index >= 15 is 0 Å².